The average molecular weight is 397 g/mol. The van der Waals surface area contributed by atoms with Gasteiger partial charge in [-0.05, 0) is 66.9 Å². The van der Waals surface area contributed by atoms with Gasteiger partial charge in [0.05, 0.1) is 0 Å². The number of hydrogen-bond acceptors (Lipinski definition) is 2. The van der Waals surface area contributed by atoms with Crippen LogP contribution in [0.15, 0.2) is 72.8 Å². The fourth-order valence-corrected chi connectivity index (χ4v) is 5.08. The van der Waals surface area contributed by atoms with E-state index in [9.17, 15) is 4.79 Å². The number of benzene rings is 3. The quantitative estimate of drug-likeness (QED) is 0.672. The number of carbonyl (C=O) groups is 1. The molecular weight excluding hydrogens is 368 g/mol. The number of allylic oxidation sites excluding steroid dienone is 1. The van der Waals surface area contributed by atoms with Crippen molar-refractivity contribution in [1.82, 2.24) is 10.2 Å². The van der Waals surface area contributed by atoms with Gasteiger partial charge in [-0.1, -0.05) is 66.7 Å². The van der Waals surface area contributed by atoms with Crippen LogP contribution in [-0.2, 0) is 5.41 Å². The van der Waals surface area contributed by atoms with Gasteiger partial charge in [0.15, 0.2) is 0 Å². The third kappa shape index (κ3) is 3.54. The summed E-state index contributed by atoms with van der Waals surface area (Å²) in [5, 5.41) is 5.45. The second kappa shape index (κ2) is 7.73. The summed E-state index contributed by atoms with van der Waals surface area (Å²) < 4.78 is 0. The zero-order chi connectivity index (χ0) is 20.6. The summed E-state index contributed by atoms with van der Waals surface area (Å²) >= 11 is 0. The number of likely N-dealkylation sites (tertiary alicyclic amines) is 1. The Labute approximate surface area is 178 Å². The lowest BCUT2D eigenvalue weighted by molar-refractivity contribution is 0.0920. The standard InChI is InChI=1S/C27H28N2O/c1-20(28-26(30)24-11-10-21-6-2-3-8-23(21)18-24)19-29-16-14-27(15-17-29)13-12-22-7-4-5-9-25(22)27/h2-13,18,20H,14-17,19H2,1H3,(H,28,30)/t20-/m0/s1. The first-order valence-corrected chi connectivity index (χ1v) is 10.9. The van der Waals surface area contributed by atoms with Gasteiger partial charge >= 0.3 is 0 Å². The van der Waals surface area contributed by atoms with Crippen LogP contribution in [0.4, 0.5) is 0 Å². The summed E-state index contributed by atoms with van der Waals surface area (Å²) in [6, 6.07) is 23.0. The van der Waals surface area contributed by atoms with Crippen molar-refractivity contribution in [2.24, 2.45) is 0 Å². The minimum Gasteiger partial charge on any atom is -0.348 e. The molecule has 1 spiro atoms. The predicted octanol–water partition coefficient (Wildman–Crippen LogP) is 5.02. The van der Waals surface area contributed by atoms with Crippen LogP contribution in [-0.4, -0.2) is 36.5 Å². The number of nitrogens with zero attached hydrogens (tertiary/aromatic N) is 1. The predicted molar refractivity (Wildman–Crippen MR) is 124 cm³/mol. The lowest BCUT2D eigenvalue weighted by atomic mass is 9.74. The van der Waals surface area contributed by atoms with E-state index in [-0.39, 0.29) is 17.4 Å². The van der Waals surface area contributed by atoms with E-state index < -0.39 is 0 Å². The Morgan fingerprint density at radius 1 is 1.00 bits per heavy atom. The summed E-state index contributed by atoms with van der Waals surface area (Å²) in [7, 11) is 0. The molecule has 1 amide bonds. The molecule has 2 aliphatic rings. The van der Waals surface area contributed by atoms with Crippen molar-refractivity contribution in [3.63, 3.8) is 0 Å². The molecule has 3 aromatic rings. The van der Waals surface area contributed by atoms with Crippen molar-refractivity contribution in [2.45, 2.75) is 31.2 Å². The van der Waals surface area contributed by atoms with Crippen molar-refractivity contribution in [3.8, 4) is 0 Å². The van der Waals surface area contributed by atoms with Crippen molar-refractivity contribution < 1.29 is 4.79 Å². The molecule has 0 saturated carbocycles. The van der Waals surface area contributed by atoms with Gasteiger partial charge < -0.3 is 10.2 Å². The Kier molecular flexibility index (Phi) is 4.92. The highest BCUT2D eigenvalue weighted by atomic mass is 16.1. The zero-order valence-electron chi connectivity index (χ0n) is 17.5. The van der Waals surface area contributed by atoms with E-state index in [1.54, 1.807) is 0 Å². The number of fused-ring (bicyclic) bond motifs is 3. The molecule has 3 heteroatoms. The topological polar surface area (TPSA) is 32.3 Å². The fourth-order valence-electron chi connectivity index (χ4n) is 5.08. The first-order chi connectivity index (χ1) is 14.6. The maximum absolute atomic E-state index is 12.7. The molecule has 0 unspecified atom stereocenters. The second-order valence-corrected chi connectivity index (χ2v) is 8.81. The van der Waals surface area contributed by atoms with E-state index in [0.717, 1.165) is 48.8 Å². The van der Waals surface area contributed by atoms with Crippen molar-refractivity contribution in [3.05, 3.63) is 89.5 Å². The molecular formula is C27H28N2O. The lowest BCUT2D eigenvalue weighted by Gasteiger charge is -2.40. The highest BCUT2D eigenvalue weighted by molar-refractivity contribution is 5.98. The van der Waals surface area contributed by atoms with E-state index in [2.05, 4.69) is 65.7 Å². The van der Waals surface area contributed by atoms with Crippen LogP contribution in [0, 0.1) is 0 Å². The molecule has 152 valence electrons. The van der Waals surface area contributed by atoms with Gasteiger partial charge in [0.2, 0.25) is 0 Å². The fraction of sp³-hybridized carbons (Fsp3) is 0.296. The van der Waals surface area contributed by atoms with Gasteiger partial charge in [0, 0.05) is 23.6 Å². The van der Waals surface area contributed by atoms with Crippen LogP contribution in [0.25, 0.3) is 16.8 Å². The van der Waals surface area contributed by atoms with E-state index in [1.807, 2.05) is 30.3 Å². The first kappa shape index (κ1) is 19.1. The van der Waals surface area contributed by atoms with Crippen molar-refractivity contribution in [2.75, 3.05) is 19.6 Å². The first-order valence-electron chi connectivity index (χ1n) is 10.9. The Morgan fingerprint density at radius 2 is 1.73 bits per heavy atom. The van der Waals surface area contributed by atoms with Gasteiger partial charge in [0.25, 0.3) is 5.91 Å². The molecule has 3 aromatic carbocycles. The van der Waals surface area contributed by atoms with Gasteiger partial charge in [-0.25, -0.2) is 0 Å². The Hall–Kier alpha value is -2.91. The highest BCUT2D eigenvalue weighted by Gasteiger charge is 2.37. The molecule has 3 nitrogen and oxygen atoms in total. The average Bonchev–Trinajstić information content (AvgIpc) is 3.13. The molecule has 1 aliphatic carbocycles. The number of piperidine rings is 1. The monoisotopic (exact) mass is 396 g/mol. The summed E-state index contributed by atoms with van der Waals surface area (Å²) in [5.41, 5.74) is 3.81. The maximum atomic E-state index is 12.7. The SMILES string of the molecule is C[C@@H](CN1CCC2(C=Cc3ccccc32)CC1)NC(=O)c1ccc2ccccc2c1. The van der Waals surface area contributed by atoms with Crippen molar-refractivity contribution in [1.29, 1.82) is 0 Å². The van der Waals surface area contributed by atoms with Gasteiger partial charge in [0.1, 0.15) is 0 Å². The number of amides is 1. The number of rotatable bonds is 4. The van der Waals surface area contributed by atoms with Gasteiger partial charge in [-0.3, -0.25) is 4.79 Å². The lowest BCUT2D eigenvalue weighted by Crippen LogP contribution is -2.47. The smallest absolute Gasteiger partial charge is 0.251 e. The number of hydrogen-bond donors (Lipinski definition) is 1. The van der Waals surface area contributed by atoms with Crippen LogP contribution < -0.4 is 5.32 Å². The third-order valence-electron chi connectivity index (χ3n) is 6.75. The van der Waals surface area contributed by atoms with Gasteiger partial charge in [-0.2, -0.15) is 0 Å². The maximum Gasteiger partial charge on any atom is 0.251 e. The molecule has 1 saturated heterocycles. The zero-order valence-corrected chi connectivity index (χ0v) is 17.5. The van der Waals surface area contributed by atoms with E-state index in [0.29, 0.717) is 0 Å². The largest absolute Gasteiger partial charge is 0.348 e. The summed E-state index contributed by atoms with van der Waals surface area (Å²) in [6.07, 6.45) is 7.00. The number of nitrogens with one attached hydrogen (secondary N) is 1. The number of carbonyl (C=O) groups excluding carboxylic acids is 1. The van der Waals surface area contributed by atoms with E-state index >= 15 is 0 Å². The van der Waals surface area contributed by atoms with Crippen LogP contribution in [0.1, 0.15) is 41.3 Å². The second-order valence-electron chi connectivity index (χ2n) is 8.81. The Morgan fingerprint density at radius 3 is 2.57 bits per heavy atom. The van der Waals surface area contributed by atoms with Crippen LogP contribution in [0.3, 0.4) is 0 Å². The van der Waals surface area contributed by atoms with Crippen molar-refractivity contribution >= 4 is 22.8 Å². The molecule has 1 N–H and O–H groups in total. The minimum absolute atomic E-state index is 0.00869. The normalized spacial score (nSPS) is 18.4. The summed E-state index contributed by atoms with van der Waals surface area (Å²) in [6.45, 7) is 5.12. The molecule has 0 bridgehead atoms. The van der Waals surface area contributed by atoms with Crippen LogP contribution in [0.5, 0.6) is 0 Å². The molecule has 30 heavy (non-hydrogen) atoms. The molecule has 0 aromatic heterocycles. The van der Waals surface area contributed by atoms with E-state index in [1.165, 1.54) is 11.1 Å². The molecule has 0 radical (unpaired) electrons. The van der Waals surface area contributed by atoms with Crippen LogP contribution >= 0.6 is 0 Å². The minimum atomic E-state index is 0.00869. The summed E-state index contributed by atoms with van der Waals surface area (Å²) in [4.78, 5) is 15.2. The molecule has 1 heterocycles. The highest BCUT2D eigenvalue weighted by Crippen LogP contribution is 2.43. The van der Waals surface area contributed by atoms with Gasteiger partial charge in [-0.15, -0.1) is 0 Å². The molecule has 1 aliphatic heterocycles. The summed E-state index contributed by atoms with van der Waals surface area (Å²) in [5.74, 6) is 0.00869. The molecule has 1 fully saturated rings. The Balaban J connectivity index is 1.18. The molecule has 1 atom stereocenters. The van der Waals surface area contributed by atoms with Crippen LogP contribution in [0.2, 0.25) is 0 Å². The van der Waals surface area contributed by atoms with E-state index in [4.69, 9.17) is 0 Å². The third-order valence-corrected chi connectivity index (χ3v) is 6.75. The Bertz CT molecular complexity index is 1110. The molecule has 5 rings (SSSR count).